The van der Waals surface area contributed by atoms with Crippen LogP contribution in [0.15, 0.2) is 94.1 Å². The minimum atomic E-state index is -5.08. The van der Waals surface area contributed by atoms with Crippen LogP contribution in [0.5, 0.6) is 11.5 Å². The van der Waals surface area contributed by atoms with Gasteiger partial charge in [-0.15, -0.1) is 0 Å². The van der Waals surface area contributed by atoms with Gasteiger partial charge < -0.3 is 35.1 Å². The average molecular weight is 985 g/mol. The number of esters is 1. The molecule has 0 spiro atoms. The topological polar surface area (TPSA) is 169 Å². The minimum Gasteiger partial charge on any atom is -0.493 e. The van der Waals surface area contributed by atoms with Crippen molar-refractivity contribution < 1.29 is 52.0 Å². The van der Waals surface area contributed by atoms with E-state index in [2.05, 4.69) is 72.4 Å². The number of ether oxygens (including phenoxy) is 3. The van der Waals surface area contributed by atoms with Gasteiger partial charge in [-0.3, -0.25) is 9.59 Å². The molecule has 2 aromatic heterocycles. The zero-order valence-corrected chi connectivity index (χ0v) is 38.2. The first-order chi connectivity index (χ1) is 28.7. The van der Waals surface area contributed by atoms with Gasteiger partial charge in [0, 0.05) is 34.4 Å². The lowest BCUT2D eigenvalue weighted by Crippen LogP contribution is -2.21. The van der Waals surface area contributed by atoms with Gasteiger partial charge in [0.05, 0.1) is 32.7 Å². The molecule has 0 aliphatic heterocycles. The number of nitrogens with one attached hydrogen (secondary N) is 2. The van der Waals surface area contributed by atoms with Crippen molar-refractivity contribution in [3.05, 3.63) is 105 Å². The number of carbonyl (C=O) groups is 3. The zero-order valence-electron chi connectivity index (χ0n) is 35.0. The third-order valence-electron chi connectivity index (χ3n) is 8.31. The van der Waals surface area contributed by atoms with E-state index >= 15 is 0 Å². The second-order valence-corrected chi connectivity index (χ2v) is 16.9. The van der Waals surface area contributed by atoms with Gasteiger partial charge >= 0.3 is 24.1 Å². The third kappa shape index (κ3) is 23.0. The molecule has 0 saturated carbocycles. The van der Waals surface area contributed by atoms with Crippen molar-refractivity contribution >= 4 is 61.4 Å². The number of anilines is 2. The maximum atomic E-state index is 11.8. The molecule has 0 saturated heterocycles. The van der Waals surface area contributed by atoms with Crippen molar-refractivity contribution in [3.8, 4) is 11.5 Å². The van der Waals surface area contributed by atoms with Crippen LogP contribution in [0, 0.1) is 10.8 Å². The first-order valence-corrected chi connectivity index (χ1v) is 21.1. The van der Waals surface area contributed by atoms with E-state index in [0.29, 0.717) is 32.7 Å². The summed E-state index contributed by atoms with van der Waals surface area (Å²) in [6, 6.07) is 23.5. The molecule has 0 aliphatic carbocycles. The largest absolute Gasteiger partial charge is 0.493 e. The molecule has 12 nitrogen and oxygen atoms in total. The van der Waals surface area contributed by atoms with Crippen molar-refractivity contribution in [1.29, 1.82) is 0 Å². The van der Waals surface area contributed by atoms with Crippen LogP contribution < -0.4 is 20.1 Å². The number of carbonyl (C=O) groups excluding carboxylic acids is 1. The molecule has 0 amide bonds. The lowest BCUT2D eigenvalue weighted by atomic mass is 9.83. The number of alkyl halides is 3. The number of hydrogen-bond acceptors (Lipinski definition) is 10. The van der Waals surface area contributed by atoms with Crippen molar-refractivity contribution in [2.45, 2.75) is 79.3 Å². The summed E-state index contributed by atoms with van der Waals surface area (Å²) >= 11 is 7.20. The van der Waals surface area contributed by atoms with Crippen molar-refractivity contribution in [3.63, 3.8) is 0 Å². The quantitative estimate of drug-likeness (QED) is 0.0461. The fourth-order valence-corrected chi connectivity index (χ4v) is 6.58. The van der Waals surface area contributed by atoms with Crippen LogP contribution in [0.3, 0.4) is 0 Å². The van der Waals surface area contributed by atoms with Crippen LogP contribution >= 0.6 is 31.9 Å². The maximum Gasteiger partial charge on any atom is 0.490 e. The van der Waals surface area contributed by atoms with Gasteiger partial charge in [-0.1, -0.05) is 83.8 Å². The highest BCUT2D eigenvalue weighted by molar-refractivity contribution is 9.10. The second-order valence-electron chi connectivity index (χ2n) is 15.2. The predicted octanol–water partition coefficient (Wildman–Crippen LogP) is 10.6. The molecule has 2 aromatic carbocycles. The summed E-state index contributed by atoms with van der Waals surface area (Å²) in [6.45, 7) is 13.2. The van der Waals surface area contributed by atoms with Crippen LogP contribution in [0.4, 0.5) is 24.8 Å². The van der Waals surface area contributed by atoms with E-state index in [-0.39, 0.29) is 23.2 Å². The summed E-state index contributed by atoms with van der Waals surface area (Å²) in [5.74, 6) is -0.310. The molecule has 0 atom stereocenters. The number of aliphatic carboxylic acids is 2. The number of halogens is 5. The van der Waals surface area contributed by atoms with E-state index in [1.54, 1.807) is 12.4 Å². The zero-order chi connectivity index (χ0) is 45.5. The summed E-state index contributed by atoms with van der Waals surface area (Å²) < 4.78 is 50.4. The van der Waals surface area contributed by atoms with E-state index in [1.807, 2.05) is 87.5 Å². The molecule has 0 aliphatic rings. The standard InChI is InChI=1S/C22H29BrN2O3.C20H25BrN2O3.C2HF3O2/c1-4-27-21(26)16-22(2,3)15-17-9-10-18(14-19(17)23)28-13-7-12-25-20-8-5-6-11-24-20;1-20(2,14-19(24)25)13-15-7-8-16(12-17(15)21)26-11-5-10-23-18-6-3-4-9-22-18;3-2(4,5)1(6)7/h5-6,8-11,14H,4,7,12-13,15-16H2,1-3H3,(H,24,25);3-4,6-9,12H,5,10-11,13-14H2,1-2H3,(H,22,23)(H,24,25);(H,6,7). The van der Waals surface area contributed by atoms with Crippen LogP contribution in [0.1, 0.15) is 71.4 Å². The second kappa shape index (κ2) is 26.4. The highest BCUT2D eigenvalue weighted by Crippen LogP contribution is 2.33. The first kappa shape index (κ1) is 52.2. The van der Waals surface area contributed by atoms with E-state index in [1.165, 1.54) is 0 Å². The molecule has 4 rings (SSSR count). The fraction of sp³-hybridized carbons (Fsp3) is 0.432. The Balaban J connectivity index is 0.000000364. The molecule has 2 heterocycles. The summed E-state index contributed by atoms with van der Waals surface area (Å²) in [7, 11) is 0. The third-order valence-corrected chi connectivity index (χ3v) is 9.79. The first-order valence-electron chi connectivity index (χ1n) is 19.5. The van der Waals surface area contributed by atoms with Crippen LogP contribution in [0.25, 0.3) is 0 Å². The SMILES string of the molecule is CC(C)(CC(=O)O)Cc1ccc(OCCCNc2ccccn2)cc1Br.CCOC(=O)CC(C)(C)Cc1ccc(OCCCNc2ccccn2)cc1Br.O=C(O)C(F)(F)F. The molecular formula is C44H55Br2F3N4O8. The normalized spacial score (nSPS) is 11.2. The van der Waals surface area contributed by atoms with E-state index < -0.39 is 18.1 Å². The van der Waals surface area contributed by atoms with Gasteiger partial charge in [0.15, 0.2) is 0 Å². The Bertz CT molecular complexity index is 1940. The summed E-state index contributed by atoms with van der Waals surface area (Å²) in [5, 5.41) is 22.6. The van der Waals surface area contributed by atoms with Gasteiger partial charge in [-0.2, -0.15) is 13.2 Å². The molecule has 0 unspecified atom stereocenters. The molecule has 0 bridgehead atoms. The Labute approximate surface area is 372 Å². The van der Waals surface area contributed by atoms with Gasteiger partial charge in [0.25, 0.3) is 0 Å². The lowest BCUT2D eigenvalue weighted by Gasteiger charge is -2.24. The minimum absolute atomic E-state index is 0.140. The fourth-order valence-electron chi connectivity index (χ4n) is 5.58. The number of aromatic nitrogens is 2. The van der Waals surface area contributed by atoms with E-state index in [9.17, 15) is 22.8 Å². The lowest BCUT2D eigenvalue weighted by molar-refractivity contribution is -0.192. The van der Waals surface area contributed by atoms with E-state index in [4.69, 9.17) is 29.2 Å². The summed E-state index contributed by atoms with van der Waals surface area (Å²) in [5.41, 5.74) is 1.77. The number of hydrogen-bond donors (Lipinski definition) is 4. The summed E-state index contributed by atoms with van der Waals surface area (Å²) in [6.07, 6.45) is 2.19. The highest BCUT2D eigenvalue weighted by atomic mass is 79.9. The van der Waals surface area contributed by atoms with E-state index in [0.717, 1.165) is 75.6 Å². The Kier molecular flexibility index (Phi) is 22.6. The molecule has 0 radical (unpaired) electrons. The Morgan fingerprint density at radius 1 is 0.689 bits per heavy atom. The van der Waals surface area contributed by atoms with Gasteiger partial charge in [-0.05, 0) is 103 Å². The summed E-state index contributed by atoms with van der Waals surface area (Å²) in [4.78, 5) is 40.1. The molecule has 334 valence electrons. The molecular weight excluding hydrogens is 929 g/mol. The van der Waals surface area contributed by atoms with Crippen LogP contribution in [-0.4, -0.2) is 77.2 Å². The smallest absolute Gasteiger partial charge is 0.490 e. The number of carboxylic acid groups (broad SMARTS) is 2. The van der Waals surface area contributed by atoms with Crippen LogP contribution in [0.2, 0.25) is 0 Å². The van der Waals surface area contributed by atoms with Gasteiger partial charge in [0.2, 0.25) is 0 Å². The molecule has 61 heavy (non-hydrogen) atoms. The number of pyridine rings is 2. The Morgan fingerprint density at radius 2 is 1.11 bits per heavy atom. The van der Waals surface area contributed by atoms with Gasteiger partial charge in [-0.25, -0.2) is 14.8 Å². The van der Waals surface area contributed by atoms with Crippen molar-refractivity contribution in [2.24, 2.45) is 10.8 Å². The number of carboxylic acids is 2. The molecule has 4 N–H and O–H groups in total. The van der Waals surface area contributed by atoms with Gasteiger partial charge in [0.1, 0.15) is 23.1 Å². The predicted molar refractivity (Wildman–Crippen MR) is 236 cm³/mol. The number of benzene rings is 2. The van der Waals surface area contributed by atoms with Crippen molar-refractivity contribution in [2.75, 3.05) is 43.5 Å². The maximum absolute atomic E-state index is 11.8. The Hall–Kier alpha value is -4.90. The highest BCUT2D eigenvalue weighted by Gasteiger charge is 2.38. The van der Waals surface area contributed by atoms with Crippen LogP contribution in [-0.2, 0) is 32.0 Å². The number of nitrogens with zero attached hydrogens (tertiary/aromatic N) is 2. The molecule has 0 fully saturated rings. The van der Waals surface area contributed by atoms with Crippen molar-refractivity contribution in [1.82, 2.24) is 9.97 Å². The molecule has 17 heteroatoms. The monoisotopic (exact) mass is 982 g/mol. The number of rotatable bonds is 21. The Morgan fingerprint density at radius 3 is 1.46 bits per heavy atom. The average Bonchev–Trinajstić information content (AvgIpc) is 3.17. The molecule has 4 aromatic rings.